The largest absolute Gasteiger partial charge is 0.363 e. The number of tetrazole rings is 1. The Hall–Kier alpha value is -3.20. The number of amides is 2. The Balaban J connectivity index is 1.75. The maximum absolute atomic E-state index is 12.5. The van der Waals surface area contributed by atoms with Gasteiger partial charge in [0, 0.05) is 10.6 Å². The molecule has 26 heavy (non-hydrogen) atoms. The molecule has 2 aromatic carbocycles. The van der Waals surface area contributed by atoms with Gasteiger partial charge in [0.2, 0.25) is 0 Å². The minimum absolute atomic E-state index is 0.160. The number of rotatable bonds is 6. The predicted molar refractivity (Wildman–Crippen MR) is 98.5 cm³/mol. The van der Waals surface area contributed by atoms with Crippen molar-refractivity contribution in [2.24, 2.45) is 5.73 Å². The van der Waals surface area contributed by atoms with E-state index in [4.69, 9.17) is 5.73 Å². The molecule has 3 N–H and O–H groups in total. The number of benzene rings is 2. The van der Waals surface area contributed by atoms with Crippen molar-refractivity contribution in [3.05, 3.63) is 59.9 Å². The van der Waals surface area contributed by atoms with E-state index in [0.717, 1.165) is 10.6 Å². The summed E-state index contributed by atoms with van der Waals surface area (Å²) in [5.74, 6) is -0.197. The highest BCUT2D eigenvalue weighted by Gasteiger charge is 2.12. The highest BCUT2D eigenvalue weighted by atomic mass is 32.2. The first-order valence-corrected chi connectivity index (χ1v) is 8.80. The van der Waals surface area contributed by atoms with Crippen LogP contribution >= 0.6 is 11.8 Å². The maximum atomic E-state index is 12.5. The minimum Gasteiger partial charge on any atom is -0.363 e. The molecule has 3 rings (SSSR count). The van der Waals surface area contributed by atoms with Gasteiger partial charge >= 0.3 is 0 Å². The second-order valence-corrected chi connectivity index (χ2v) is 6.50. The zero-order valence-electron chi connectivity index (χ0n) is 13.9. The number of hydrogen-bond donors (Lipinski definition) is 2. The average molecular weight is 368 g/mol. The number of nitrogens with one attached hydrogen (secondary N) is 1. The van der Waals surface area contributed by atoms with E-state index in [1.807, 2.05) is 25.1 Å². The zero-order valence-corrected chi connectivity index (χ0v) is 14.7. The number of hydrogen-bond acceptors (Lipinski definition) is 6. The van der Waals surface area contributed by atoms with Crippen LogP contribution in [0.4, 0.5) is 5.69 Å². The van der Waals surface area contributed by atoms with Crippen LogP contribution in [0.2, 0.25) is 0 Å². The molecule has 3 aromatic rings. The van der Waals surface area contributed by atoms with Gasteiger partial charge in [0.1, 0.15) is 0 Å². The van der Waals surface area contributed by atoms with Gasteiger partial charge in [0.05, 0.1) is 11.3 Å². The Morgan fingerprint density at radius 3 is 2.54 bits per heavy atom. The first kappa shape index (κ1) is 17.6. The Labute approximate surface area is 153 Å². The SMILES string of the molecule is CCSc1ccccc1C(=O)Nc1ccc(-n2nnc(C(N)=O)n2)cc1. The van der Waals surface area contributed by atoms with Crippen molar-refractivity contribution in [3.63, 3.8) is 0 Å². The van der Waals surface area contributed by atoms with Gasteiger partial charge < -0.3 is 11.1 Å². The van der Waals surface area contributed by atoms with Crippen LogP contribution in [0.1, 0.15) is 27.9 Å². The molecule has 0 unspecified atom stereocenters. The van der Waals surface area contributed by atoms with Crippen molar-refractivity contribution in [2.75, 3.05) is 11.1 Å². The molecule has 0 saturated heterocycles. The lowest BCUT2D eigenvalue weighted by Crippen LogP contribution is -2.14. The summed E-state index contributed by atoms with van der Waals surface area (Å²) in [6.45, 7) is 2.04. The molecule has 0 aliphatic carbocycles. The average Bonchev–Trinajstić information content (AvgIpc) is 3.13. The van der Waals surface area contributed by atoms with Gasteiger partial charge in [0.25, 0.3) is 17.6 Å². The highest BCUT2D eigenvalue weighted by molar-refractivity contribution is 7.99. The van der Waals surface area contributed by atoms with E-state index in [0.29, 0.717) is 16.9 Å². The van der Waals surface area contributed by atoms with Crippen molar-refractivity contribution in [2.45, 2.75) is 11.8 Å². The van der Waals surface area contributed by atoms with Gasteiger partial charge in [-0.15, -0.1) is 26.8 Å². The number of primary amides is 1. The second-order valence-electron chi connectivity index (χ2n) is 5.20. The lowest BCUT2D eigenvalue weighted by Gasteiger charge is -2.09. The Kier molecular flexibility index (Phi) is 5.28. The molecule has 1 aromatic heterocycles. The smallest absolute Gasteiger partial charge is 0.290 e. The Morgan fingerprint density at radius 1 is 1.15 bits per heavy atom. The first-order chi connectivity index (χ1) is 12.6. The summed E-state index contributed by atoms with van der Waals surface area (Å²) in [6, 6.07) is 14.3. The summed E-state index contributed by atoms with van der Waals surface area (Å²) in [5.41, 5.74) is 6.96. The van der Waals surface area contributed by atoms with Gasteiger partial charge in [-0.1, -0.05) is 19.1 Å². The molecule has 9 heteroatoms. The van der Waals surface area contributed by atoms with E-state index in [1.54, 1.807) is 42.1 Å². The number of anilines is 1. The summed E-state index contributed by atoms with van der Waals surface area (Å²) in [4.78, 5) is 25.7. The molecule has 0 aliphatic heterocycles. The summed E-state index contributed by atoms with van der Waals surface area (Å²) in [7, 11) is 0. The molecule has 0 bridgehead atoms. The molecule has 132 valence electrons. The fraction of sp³-hybridized carbons (Fsp3) is 0.118. The van der Waals surface area contributed by atoms with Crippen LogP contribution in [0, 0.1) is 0 Å². The van der Waals surface area contributed by atoms with E-state index in [9.17, 15) is 9.59 Å². The monoisotopic (exact) mass is 368 g/mol. The van der Waals surface area contributed by atoms with E-state index < -0.39 is 5.91 Å². The summed E-state index contributed by atoms with van der Waals surface area (Å²) < 4.78 is 0. The van der Waals surface area contributed by atoms with Crippen LogP contribution in [0.5, 0.6) is 0 Å². The molecule has 0 radical (unpaired) electrons. The van der Waals surface area contributed by atoms with Crippen LogP contribution in [-0.2, 0) is 0 Å². The topological polar surface area (TPSA) is 116 Å². The van der Waals surface area contributed by atoms with Gasteiger partial charge in [-0.05, 0) is 47.4 Å². The van der Waals surface area contributed by atoms with Crippen LogP contribution in [0.3, 0.4) is 0 Å². The minimum atomic E-state index is -0.747. The number of carbonyl (C=O) groups is 2. The molecule has 0 atom stereocenters. The third kappa shape index (κ3) is 3.89. The quantitative estimate of drug-likeness (QED) is 0.644. The Bertz CT molecular complexity index is 938. The number of carbonyl (C=O) groups excluding carboxylic acids is 2. The molecule has 0 saturated carbocycles. The Morgan fingerprint density at radius 2 is 1.88 bits per heavy atom. The molecule has 2 amide bonds. The fourth-order valence-corrected chi connectivity index (χ4v) is 3.04. The van der Waals surface area contributed by atoms with E-state index in [2.05, 4.69) is 20.7 Å². The van der Waals surface area contributed by atoms with Crippen molar-refractivity contribution in [1.82, 2.24) is 20.2 Å². The molecule has 0 aliphatic rings. The van der Waals surface area contributed by atoms with Crippen LogP contribution in [0.25, 0.3) is 5.69 Å². The molecular weight excluding hydrogens is 352 g/mol. The predicted octanol–water partition coefficient (Wildman–Crippen LogP) is 2.13. The third-order valence-electron chi connectivity index (χ3n) is 3.42. The molecule has 0 spiro atoms. The van der Waals surface area contributed by atoms with Crippen molar-refractivity contribution in [3.8, 4) is 5.69 Å². The molecule has 0 fully saturated rings. The van der Waals surface area contributed by atoms with Gasteiger partial charge in [-0.3, -0.25) is 9.59 Å². The fourth-order valence-electron chi connectivity index (χ4n) is 2.23. The standard InChI is InChI=1S/C17H16N6O2S/c1-2-26-14-6-4-3-5-13(14)17(25)19-11-7-9-12(10-8-11)23-21-16(15(18)24)20-22-23/h3-10H,2H2,1H3,(H2,18,24)(H,19,25). The summed E-state index contributed by atoms with van der Waals surface area (Å²) in [6.07, 6.45) is 0. The van der Waals surface area contributed by atoms with Crippen molar-refractivity contribution >= 4 is 29.3 Å². The molecule has 8 nitrogen and oxygen atoms in total. The molecular formula is C17H16N6O2S. The van der Waals surface area contributed by atoms with E-state index in [1.165, 1.54) is 4.80 Å². The lowest BCUT2D eigenvalue weighted by molar-refractivity contribution is 0.0988. The summed E-state index contributed by atoms with van der Waals surface area (Å²) in [5, 5.41) is 14.1. The molecule has 1 heterocycles. The number of thioether (sulfide) groups is 1. The van der Waals surface area contributed by atoms with Gasteiger partial charge in [0.15, 0.2) is 0 Å². The lowest BCUT2D eigenvalue weighted by atomic mass is 10.2. The normalized spacial score (nSPS) is 10.5. The van der Waals surface area contributed by atoms with Gasteiger partial charge in [-0.25, -0.2) is 0 Å². The van der Waals surface area contributed by atoms with E-state index in [-0.39, 0.29) is 11.7 Å². The van der Waals surface area contributed by atoms with E-state index >= 15 is 0 Å². The van der Waals surface area contributed by atoms with Crippen LogP contribution < -0.4 is 11.1 Å². The van der Waals surface area contributed by atoms with Crippen molar-refractivity contribution < 1.29 is 9.59 Å². The maximum Gasteiger partial charge on any atom is 0.290 e. The van der Waals surface area contributed by atoms with Gasteiger partial charge in [-0.2, -0.15) is 0 Å². The second kappa shape index (κ2) is 7.79. The highest BCUT2D eigenvalue weighted by Crippen LogP contribution is 2.23. The number of nitrogens with zero attached hydrogens (tertiary/aromatic N) is 4. The van der Waals surface area contributed by atoms with Crippen molar-refractivity contribution in [1.29, 1.82) is 0 Å². The third-order valence-corrected chi connectivity index (χ3v) is 4.38. The zero-order chi connectivity index (χ0) is 18.5. The number of nitrogens with two attached hydrogens (primary N) is 1. The van der Waals surface area contributed by atoms with Crippen LogP contribution in [0.15, 0.2) is 53.4 Å². The first-order valence-electron chi connectivity index (χ1n) is 7.82. The number of aromatic nitrogens is 4. The summed E-state index contributed by atoms with van der Waals surface area (Å²) >= 11 is 1.62. The van der Waals surface area contributed by atoms with Crippen LogP contribution in [-0.4, -0.2) is 37.8 Å².